The Morgan fingerprint density at radius 3 is 2.36 bits per heavy atom. The van der Waals surface area contributed by atoms with Gasteiger partial charge in [0.1, 0.15) is 5.75 Å². The van der Waals surface area contributed by atoms with Gasteiger partial charge in [0.05, 0.1) is 23.8 Å². The molecule has 0 aliphatic heterocycles. The van der Waals surface area contributed by atoms with E-state index in [9.17, 15) is 0 Å². The molecule has 120 valence electrons. The molecule has 0 radical (unpaired) electrons. The van der Waals surface area contributed by atoms with Gasteiger partial charge in [-0.3, -0.25) is 0 Å². The van der Waals surface area contributed by atoms with Gasteiger partial charge < -0.3 is 9.14 Å². The van der Waals surface area contributed by atoms with E-state index in [0.717, 1.165) is 11.3 Å². The van der Waals surface area contributed by atoms with E-state index in [2.05, 4.69) is 77.2 Å². The molecule has 0 saturated carbocycles. The topological polar surface area (TPSA) is 13.6 Å². The largest absolute Gasteiger partial charge is 0.497 e. The highest BCUT2D eigenvalue weighted by atomic mass is 16.5. The number of nitrogens with zero attached hydrogens (tertiary/aromatic N) is 1. The van der Waals surface area contributed by atoms with E-state index >= 15 is 0 Å². The number of aromatic nitrogens is 1. The second-order valence-corrected chi connectivity index (χ2v) is 6.27. The molecule has 0 atom stereocenters. The highest BCUT2D eigenvalue weighted by Crippen LogP contribution is 2.34. The maximum Gasteiger partial charge on any atom is 0.119 e. The van der Waals surface area contributed by atoms with Crippen molar-refractivity contribution in [2.45, 2.75) is 0 Å². The number of para-hydroxylation sites is 1. The lowest BCUT2D eigenvalue weighted by molar-refractivity contribution is 0.415. The monoisotopic (exact) mass is 323 g/mol. The van der Waals surface area contributed by atoms with Gasteiger partial charge in [0.25, 0.3) is 0 Å². The number of ether oxygens (including phenoxy) is 1. The van der Waals surface area contributed by atoms with E-state index < -0.39 is 0 Å². The van der Waals surface area contributed by atoms with Crippen LogP contribution in [0.2, 0.25) is 0 Å². The average Bonchev–Trinajstić information content (AvgIpc) is 3.07. The Morgan fingerprint density at radius 2 is 1.48 bits per heavy atom. The number of rotatable bonds is 2. The predicted molar refractivity (Wildman–Crippen MR) is 104 cm³/mol. The number of hydrogen-bond donors (Lipinski definition) is 0. The zero-order chi connectivity index (χ0) is 16.8. The first-order chi connectivity index (χ1) is 12.3. The van der Waals surface area contributed by atoms with E-state index in [-0.39, 0.29) is 0 Å². The van der Waals surface area contributed by atoms with Crippen LogP contribution >= 0.6 is 0 Å². The van der Waals surface area contributed by atoms with Crippen LogP contribution in [0.5, 0.6) is 5.75 Å². The van der Waals surface area contributed by atoms with Crippen molar-refractivity contribution in [2.75, 3.05) is 7.11 Å². The molecule has 0 bridgehead atoms. The van der Waals surface area contributed by atoms with Gasteiger partial charge in [0, 0.05) is 16.3 Å². The van der Waals surface area contributed by atoms with Crippen LogP contribution < -0.4 is 4.74 Å². The summed E-state index contributed by atoms with van der Waals surface area (Å²) in [4.78, 5) is 0. The summed E-state index contributed by atoms with van der Waals surface area (Å²) in [5, 5.41) is 3.77. The number of methoxy groups -OCH3 is 1. The Balaban J connectivity index is 1.99. The van der Waals surface area contributed by atoms with Crippen molar-refractivity contribution in [1.29, 1.82) is 0 Å². The normalized spacial score (nSPS) is 11.4. The van der Waals surface area contributed by atoms with E-state index in [1.807, 2.05) is 12.1 Å². The quantitative estimate of drug-likeness (QED) is 0.393. The molecule has 3 aromatic carbocycles. The third-order valence-corrected chi connectivity index (χ3v) is 4.85. The Labute approximate surface area is 145 Å². The molecule has 2 aromatic heterocycles. The molecular weight excluding hydrogens is 306 g/mol. The molecule has 0 aliphatic carbocycles. The summed E-state index contributed by atoms with van der Waals surface area (Å²) in [7, 11) is 1.71. The molecular formula is C23H17NO. The summed E-state index contributed by atoms with van der Waals surface area (Å²) in [6.45, 7) is 0. The van der Waals surface area contributed by atoms with E-state index in [4.69, 9.17) is 4.74 Å². The maximum absolute atomic E-state index is 5.44. The second kappa shape index (κ2) is 5.38. The molecule has 2 nitrogen and oxygen atoms in total. The number of benzene rings is 3. The molecule has 2 heteroatoms. The van der Waals surface area contributed by atoms with Crippen LogP contribution in [0.15, 0.2) is 84.9 Å². The smallest absolute Gasteiger partial charge is 0.119 e. The highest BCUT2D eigenvalue weighted by Gasteiger charge is 2.12. The van der Waals surface area contributed by atoms with E-state index in [1.165, 1.54) is 32.9 Å². The zero-order valence-electron chi connectivity index (χ0n) is 13.9. The molecule has 5 aromatic rings. The van der Waals surface area contributed by atoms with Gasteiger partial charge in [0.2, 0.25) is 0 Å². The first kappa shape index (κ1) is 14.1. The fourth-order valence-electron chi connectivity index (χ4n) is 3.68. The number of fused-ring (bicyclic) bond motifs is 5. The van der Waals surface area contributed by atoms with E-state index in [0.29, 0.717) is 0 Å². The lowest BCUT2D eigenvalue weighted by Crippen LogP contribution is -1.94. The van der Waals surface area contributed by atoms with Gasteiger partial charge in [-0.05, 0) is 35.7 Å². The molecule has 0 N–H and O–H groups in total. The van der Waals surface area contributed by atoms with Crippen LogP contribution in [0.1, 0.15) is 0 Å². The Morgan fingerprint density at radius 1 is 0.680 bits per heavy atom. The van der Waals surface area contributed by atoms with Crippen LogP contribution in [-0.2, 0) is 0 Å². The van der Waals surface area contributed by atoms with Crippen molar-refractivity contribution in [3.05, 3.63) is 84.9 Å². The van der Waals surface area contributed by atoms with Gasteiger partial charge in [-0.1, -0.05) is 54.6 Å². The predicted octanol–water partition coefficient (Wildman–Crippen LogP) is 5.92. The standard InChI is InChI=1S/C23H17NO/c1-25-19-10-6-9-17(13-19)22-14-16-7-2-4-11-20(16)23-15-18-8-3-5-12-21(18)24(22)23/h2-15H,1H3. The van der Waals surface area contributed by atoms with Crippen molar-refractivity contribution in [1.82, 2.24) is 4.40 Å². The van der Waals surface area contributed by atoms with Gasteiger partial charge >= 0.3 is 0 Å². The van der Waals surface area contributed by atoms with Crippen LogP contribution in [-0.4, -0.2) is 11.5 Å². The zero-order valence-corrected chi connectivity index (χ0v) is 13.9. The minimum atomic E-state index is 0.871. The van der Waals surface area contributed by atoms with Crippen LogP contribution in [0.25, 0.3) is 38.4 Å². The average molecular weight is 323 g/mol. The van der Waals surface area contributed by atoms with Crippen molar-refractivity contribution >= 4 is 27.2 Å². The van der Waals surface area contributed by atoms with Crippen molar-refractivity contribution < 1.29 is 4.74 Å². The molecule has 0 fully saturated rings. The van der Waals surface area contributed by atoms with Gasteiger partial charge in [-0.15, -0.1) is 0 Å². The summed E-state index contributed by atoms with van der Waals surface area (Å²) in [6, 6.07) is 29.9. The number of hydrogen-bond acceptors (Lipinski definition) is 1. The summed E-state index contributed by atoms with van der Waals surface area (Å²) < 4.78 is 7.79. The van der Waals surface area contributed by atoms with Gasteiger partial charge in [-0.2, -0.15) is 0 Å². The van der Waals surface area contributed by atoms with Crippen molar-refractivity contribution in [3.63, 3.8) is 0 Å². The lowest BCUT2D eigenvalue weighted by atomic mass is 10.1. The Hall–Kier alpha value is -3.26. The van der Waals surface area contributed by atoms with Crippen LogP contribution in [0.3, 0.4) is 0 Å². The molecule has 0 saturated heterocycles. The van der Waals surface area contributed by atoms with Crippen LogP contribution in [0.4, 0.5) is 0 Å². The Bertz CT molecular complexity index is 1230. The van der Waals surface area contributed by atoms with Gasteiger partial charge in [-0.25, -0.2) is 0 Å². The first-order valence-electron chi connectivity index (χ1n) is 8.41. The number of pyridine rings is 1. The molecule has 5 rings (SSSR count). The minimum Gasteiger partial charge on any atom is -0.497 e. The van der Waals surface area contributed by atoms with Crippen molar-refractivity contribution in [3.8, 4) is 17.0 Å². The molecule has 25 heavy (non-hydrogen) atoms. The lowest BCUT2D eigenvalue weighted by Gasteiger charge is -2.12. The highest BCUT2D eigenvalue weighted by molar-refractivity contribution is 6.04. The fraction of sp³-hybridized carbons (Fsp3) is 0.0435. The molecule has 2 heterocycles. The maximum atomic E-state index is 5.44. The summed E-state index contributed by atoms with van der Waals surface area (Å²) in [5.74, 6) is 0.871. The molecule has 0 unspecified atom stereocenters. The third-order valence-electron chi connectivity index (χ3n) is 4.85. The molecule has 0 spiro atoms. The SMILES string of the molecule is COc1cccc(-c2cc3ccccc3c3cc4ccccc4n23)c1. The van der Waals surface area contributed by atoms with Crippen molar-refractivity contribution in [2.24, 2.45) is 0 Å². The minimum absolute atomic E-state index is 0.871. The summed E-state index contributed by atoms with van der Waals surface area (Å²) >= 11 is 0. The molecule has 0 amide bonds. The van der Waals surface area contributed by atoms with Crippen LogP contribution in [0, 0.1) is 0 Å². The second-order valence-electron chi connectivity index (χ2n) is 6.27. The third kappa shape index (κ3) is 2.11. The summed E-state index contributed by atoms with van der Waals surface area (Å²) in [6.07, 6.45) is 0. The summed E-state index contributed by atoms with van der Waals surface area (Å²) in [5.41, 5.74) is 4.78. The first-order valence-corrected chi connectivity index (χ1v) is 8.41. The Kier molecular flexibility index (Phi) is 3.04. The van der Waals surface area contributed by atoms with E-state index in [1.54, 1.807) is 7.11 Å². The fourth-order valence-corrected chi connectivity index (χ4v) is 3.68. The molecule has 0 aliphatic rings. The van der Waals surface area contributed by atoms with Gasteiger partial charge in [0.15, 0.2) is 0 Å².